The van der Waals surface area contributed by atoms with Gasteiger partial charge in [-0.25, -0.2) is 4.39 Å². The molecule has 1 aromatic carbocycles. The molecule has 1 rings (SSSR count). The first-order chi connectivity index (χ1) is 9.65. The third-order valence-corrected chi connectivity index (χ3v) is 3.13. The van der Waals surface area contributed by atoms with E-state index in [0.29, 0.717) is 0 Å². The number of hydrogen-bond acceptors (Lipinski definition) is 3. The van der Waals surface area contributed by atoms with Gasteiger partial charge in [0.1, 0.15) is 11.4 Å². The van der Waals surface area contributed by atoms with Crippen molar-refractivity contribution in [3.05, 3.63) is 45.3 Å². The fourth-order valence-corrected chi connectivity index (χ4v) is 2.02. The van der Waals surface area contributed by atoms with Crippen molar-refractivity contribution in [2.45, 2.75) is 0 Å². The summed E-state index contributed by atoms with van der Waals surface area (Å²) in [4.78, 5) is 27.4. The molecule has 1 aromatic rings. The molecular formula is C14H15Cl2FN2O2. The zero-order chi connectivity index (χ0) is 16.3. The number of nitrogens with zero attached hydrogens (tertiary/aromatic N) is 2. The number of rotatable bonds is 4. The summed E-state index contributed by atoms with van der Waals surface area (Å²) in [6.45, 7) is 0. The number of benzene rings is 1. The van der Waals surface area contributed by atoms with Gasteiger partial charge in [-0.15, -0.1) is 0 Å². The second kappa shape index (κ2) is 6.91. The normalized spacial score (nSPS) is 11.3. The Labute approximate surface area is 132 Å². The van der Waals surface area contributed by atoms with E-state index in [9.17, 15) is 14.0 Å². The van der Waals surface area contributed by atoms with Gasteiger partial charge >= 0.3 is 0 Å². The van der Waals surface area contributed by atoms with Gasteiger partial charge in [-0.2, -0.15) is 0 Å². The minimum atomic E-state index is -0.772. The number of ketones is 1. The quantitative estimate of drug-likeness (QED) is 0.280. The van der Waals surface area contributed by atoms with Crippen molar-refractivity contribution in [2.24, 2.45) is 0 Å². The van der Waals surface area contributed by atoms with Gasteiger partial charge in [0.05, 0.1) is 10.0 Å². The van der Waals surface area contributed by atoms with E-state index in [4.69, 9.17) is 23.2 Å². The van der Waals surface area contributed by atoms with Crippen LogP contribution in [0.3, 0.4) is 0 Å². The lowest BCUT2D eigenvalue weighted by Crippen LogP contribution is -2.29. The molecular weight excluding hydrogens is 318 g/mol. The molecule has 0 unspecified atom stereocenters. The van der Waals surface area contributed by atoms with E-state index < -0.39 is 17.5 Å². The molecule has 0 saturated carbocycles. The number of amides is 1. The Morgan fingerprint density at radius 1 is 1.10 bits per heavy atom. The van der Waals surface area contributed by atoms with E-state index in [1.165, 1.54) is 25.2 Å². The molecule has 0 bridgehead atoms. The summed E-state index contributed by atoms with van der Waals surface area (Å²) in [6, 6.07) is 2.07. The van der Waals surface area contributed by atoms with Crippen LogP contribution < -0.4 is 0 Å². The van der Waals surface area contributed by atoms with Crippen molar-refractivity contribution in [1.82, 2.24) is 9.80 Å². The van der Waals surface area contributed by atoms with E-state index in [-0.39, 0.29) is 21.2 Å². The summed E-state index contributed by atoms with van der Waals surface area (Å²) in [5.74, 6) is -1.94. The van der Waals surface area contributed by atoms with Gasteiger partial charge in [0.2, 0.25) is 5.78 Å². The molecule has 1 amide bonds. The van der Waals surface area contributed by atoms with Crippen LogP contribution in [0.25, 0.3) is 0 Å². The molecule has 114 valence electrons. The molecule has 0 aliphatic carbocycles. The Balaban J connectivity index is 3.37. The monoisotopic (exact) mass is 332 g/mol. The van der Waals surface area contributed by atoms with E-state index in [1.54, 1.807) is 19.0 Å². The van der Waals surface area contributed by atoms with Crippen LogP contribution in [-0.4, -0.2) is 49.7 Å². The third kappa shape index (κ3) is 4.19. The predicted molar refractivity (Wildman–Crippen MR) is 81.2 cm³/mol. The van der Waals surface area contributed by atoms with Gasteiger partial charge in [0.25, 0.3) is 5.91 Å². The smallest absolute Gasteiger partial charge is 0.258 e. The highest BCUT2D eigenvalue weighted by molar-refractivity contribution is 6.39. The molecule has 0 aliphatic heterocycles. The van der Waals surface area contributed by atoms with Crippen molar-refractivity contribution < 1.29 is 14.0 Å². The van der Waals surface area contributed by atoms with Crippen molar-refractivity contribution in [3.8, 4) is 0 Å². The Morgan fingerprint density at radius 2 is 1.67 bits per heavy atom. The van der Waals surface area contributed by atoms with Gasteiger partial charge in [-0.3, -0.25) is 9.59 Å². The summed E-state index contributed by atoms with van der Waals surface area (Å²) >= 11 is 11.5. The summed E-state index contributed by atoms with van der Waals surface area (Å²) in [6.07, 6.45) is 1.37. The third-order valence-electron chi connectivity index (χ3n) is 2.52. The SMILES string of the molecule is CN(C)C=C(C(=O)c1cc(F)c(Cl)cc1Cl)C(=O)N(C)C. The van der Waals surface area contributed by atoms with Crippen molar-refractivity contribution in [1.29, 1.82) is 0 Å². The van der Waals surface area contributed by atoms with Gasteiger partial charge in [0.15, 0.2) is 0 Å². The van der Waals surface area contributed by atoms with E-state index in [1.807, 2.05) is 0 Å². The number of Topliss-reactive ketones (excluding diaryl/α,β-unsaturated/α-hetero) is 1. The van der Waals surface area contributed by atoms with Crippen LogP contribution in [0.1, 0.15) is 10.4 Å². The molecule has 21 heavy (non-hydrogen) atoms. The molecule has 0 aromatic heterocycles. The van der Waals surface area contributed by atoms with Crippen LogP contribution in [0.4, 0.5) is 4.39 Å². The van der Waals surface area contributed by atoms with Gasteiger partial charge in [-0.1, -0.05) is 23.2 Å². The molecule has 7 heteroatoms. The Morgan fingerprint density at radius 3 is 2.14 bits per heavy atom. The lowest BCUT2D eigenvalue weighted by molar-refractivity contribution is -0.124. The molecule has 0 radical (unpaired) electrons. The number of carbonyl (C=O) groups excluding carboxylic acids is 2. The van der Waals surface area contributed by atoms with Crippen LogP contribution in [0.15, 0.2) is 23.9 Å². The van der Waals surface area contributed by atoms with Crippen LogP contribution in [0, 0.1) is 5.82 Å². The number of carbonyl (C=O) groups is 2. The molecule has 0 fully saturated rings. The molecule has 0 spiro atoms. The number of halogens is 3. The maximum Gasteiger partial charge on any atom is 0.258 e. The average molecular weight is 333 g/mol. The Kier molecular flexibility index (Phi) is 5.75. The summed E-state index contributed by atoms with van der Waals surface area (Å²) in [7, 11) is 6.37. The van der Waals surface area contributed by atoms with E-state index in [0.717, 1.165) is 12.1 Å². The first kappa shape index (κ1) is 17.5. The largest absolute Gasteiger partial charge is 0.383 e. The summed E-state index contributed by atoms with van der Waals surface area (Å²) in [5, 5.41) is -0.198. The van der Waals surface area contributed by atoms with Crippen molar-refractivity contribution in [2.75, 3.05) is 28.2 Å². The van der Waals surface area contributed by atoms with Crippen molar-refractivity contribution in [3.63, 3.8) is 0 Å². The zero-order valence-electron chi connectivity index (χ0n) is 12.1. The van der Waals surface area contributed by atoms with E-state index in [2.05, 4.69) is 0 Å². The second-order valence-corrected chi connectivity index (χ2v) is 5.60. The molecule has 4 nitrogen and oxygen atoms in total. The molecule has 0 aliphatic rings. The topological polar surface area (TPSA) is 40.6 Å². The maximum atomic E-state index is 13.5. The molecule has 0 atom stereocenters. The zero-order valence-corrected chi connectivity index (χ0v) is 13.6. The minimum absolute atomic E-state index is 0.0115. The van der Waals surface area contributed by atoms with Crippen LogP contribution >= 0.6 is 23.2 Å². The first-order valence-electron chi connectivity index (χ1n) is 5.94. The Bertz CT molecular complexity index is 613. The lowest BCUT2D eigenvalue weighted by Gasteiger charge is -2.16. The highest BCUT2D eigenvalue weighted by Gasteiger charge is 2.24. The number of likely N-dealkylation sites (N-methyl/N-ethyl adjacent to an activating group) is 1. The minimum Gasteiger partial charge on any atom is -0.383 e. The Hall–Kier alpha value is -1.59. The highest BCUT2D eigenvalue weighted by atomic mass is 35.5. The van der Waals surface area contributed by atoms with Crippen LogP contribution in [0.2, 0.25) is 10.0 Å². The van der Waals surface area contributed by atoms with Gasteiger partial charge < -0.3 is 9.80 Å². The maximum absolute atomic E-state index is 13.5. The number of hydrogen-bond donors (Lipinski definition) is 0. The van der Waals surface area contributed by atoms with Gasteiger partial charge in [-0.05, 0) is 12.1 Å². The molecule has 0 saturated heterocycles. The van der Waals surface area contributed by atoms with Crippen molar-refractivity contribution >= 4 is 34.9 Å². The van der Waals surface area contributed by atoms with Gasteiger partial charge in [0, 0.05) is 40.0 Å². The summed E-state index contributed by atoms with van der Waals surface area (Å²) < 4.78 is 13.5. The second-order valence-electron chi connectivity index (χ2n) is 4.78. The fraction of sp³-hybridized carbons (Fsp3) is 0.286. The summed E-state index contributed by atoms with van der Waals surface area (Å²) in [5.41, 5.74) is -0.226. The standard InChI is InChI=1S/C14H15Cl2FN2O2/c1-18(2)7-9(14(21)19(3)4)13(20)8-5-12(17)11(16)6-10(8)15/h5-7H,1-4H3. The fourth-order valence-electron chi connectivity index (χ4n) is 1.55. The van der Waals surface area contributed by atoms with Crippen LogP contribution in [-0.2, 0) is 4.79 Å². The molecule has 0 heterocycles. The lowest BCUT2D eigenvalue weighted by atomic mass is 10.0. The van der Waals surface area contributed by atoms with E-state index >= 15 is 0 Å². The average Bonchev–Trinajstić information content (AvgIpc) is 2.38. The van der Waals surface area contributed by atoms with Crippen LogP contribution in [0.5, 0.6) is 0 Å². The molecule has 0 N–H and O–H groups in total. The predicted octanol–water partition coefficient (Wildman–Crippen LogP) is 2.85. The first-order valence-corrected chi connectivity index (χ1v) is 6.70. The highest BCUT2D eigenvalue weighted by Crippen LogP contribution is 2.26.